The van der Waals surface area contributed by atoms with Crippen molar-refractivity contribution in [1.29, 1.82) is 0 Å². The Bertz CT molecular complexity index is 563. The van der Waals surface area contributed by atoms with Gasteiger partial charge in [-0.05, 0) is 17.5 Å². The number of hydrogen-bond acceptors (Lipinski definition) is 2. The van der Waals surface area contributed by atoms with E-state index in [0.717, 1.165) is 24.1 Å². The number of unbranched alkanes of at least 4 members (excludes halogenated alkanes) is 3. The molecule has 1 unspecified atom stereocenters. The normalized spacial score (nSPS) is 13.0. The molecule has 2 rings (SSSR count). The van der Waals surface area contributed by atoms with Crippen LogP contribution in [0.1, 0.15) is 56.1 Å². The van der Waals surface area contributed by atoms with Crippen LogP contribution in [0.3, 0.4) is 0 Å². The van der Waals surface area contributed by atoms with Gasteiger partial charge < -0.3 is 5.21 Å². The van der Waals surface area contributed by atoms with Crippen LogP contribution in [0.15, 0.2) is 65.8 Å². The average Bonchev–Trinajstić information content (AvgIpc) is 2.59. The monoisotopic (exact) mass is 295 g/mol. The second-order valence-corrected chi connectivity index (χ2v) is 5.66. The van der Waals surface area contributed by atoms with Gasteiger partial charge in [-0.2, -0.15) is 0 Å². The Kier molecular flexibility index (Phi) is 6.69. The van der Waals surface area contributed by atoms with Gasteiger partial charge in [0.1, 0.15) is 0 Å². The lowest BCUT2D eigenvalue weighted by Crippen LogP contribution is -2.14. The molecule has 116 valence electrons. The average molecular weight is 295 g/mol. The third kappa shape index (κ3) is 4.45. The zero-order chi connectivity index (χ0) is 15.6. The van der Waals surface area contributed by atoms with Crippen LogP contribution >= 0.6 is 0 Å². The molecular formula is C20H25NO. The van der Waals surface area contributed by atoms with E-state index in [4.69, 9.17) is 0 Å². The zero-order valence-electron chi connectivity index (χ0n) is 13.3. The number of hydrogen-bond donors (Lipinski definition) is 1. The minimum Gasteiger partial charge on any atom is -0.411 e. The van der Waals surface area contributed by atoms with Crippen LogP contribution in [-0.4, -0.2) is 10.9 Å². The highest BCUT2D eigenvalue weighted by molar-refractivity contribution is 6.04. The van der Waals surface area contributed by atoms with Crippen molar-refractivity contribution in [2.75, 3.05) is 0 Å². The summed E-state index contributed by atoms with van der Waals surface area (Å²) in [4.78, 5) is 0. The fraction of sp³-hybridized carbons (Fsp3) is 0.350. The highest BCUT2D eigenvalue weighted by atomic mass is 16.4. The predicted octanol–water partition coefficient (Wildman–Crippen LogP) is 5.62. The molecule has 0 aromatic heterocycles. The van der Waals surface area contributed by atoms with E-state index in [1.807, 2.05) is 48.5 Å². The summed E-state index contributed by atoms with van der Waals surface area (Å²) >= 11 is 0. The summed E-state index contributed by atoms with van der Waals surface area (Å²) in [6.07, 6.45) is 5.89. The first kappa shape index (κ1) is 16.3. The quantitative estimate of drug-likeness (QED) is 0.291. The van der Waals surface area contributed by atoms with Gasteiger partial charge in [-0.25, -0.2) is 0 Å². The Balaban J connectivity index is 2.23. The van der Waals surface area contributed by atoms with Gasteiger partial charge in [0.25, 0.3) is 0 Å². The first-order valence-corrected chi connectivity index (χ1v) is 8.19. The molecule has 0 bridgehead atoms. The van der Waals surface area contributed by atoms with Crippen LogP contribution in [0.25, 0.3) is 0 Å². The number of nitrogens with zero attached hydrogens (tertiary/aromatic N) is 1. The smallest absolute Gasteiger partial charge is 0.0942 e. The van der Waals surface area contributed by atoms with Gasteiger partial charge in [-0.15, -0.1) is 0 Å². The van der Waals surface area contributed by atoms with Gasteiger partial charge in [-0.1, -0.05) is 98.4 Å². The summed E-state index contributed by atoms with van der Waals surface area (Å²) in [5.74, 6) is 0.144. The van der Waals surface area contributed by atoms with Crippen molar-refractivity contribution in [1.82, 2.24) is 0 Å². The van der Waals surface area contributed by atoms with E-state index < -0.39 is 0 Å². The van der Waals surface area contributed by atoms with E-state index in [0.29, 0.717) is 0 Å². The summed E-state index contributed by atoms with van der Waals surface area (Å²) < 4.78 is 0. The van der Waals surface area contributed by atoms with Crippen LogP contribution in [0.5, 0.6) is 0 Å². The molecule has 0 fully saturated rings. The van der Waals surface area contributed by atoms with E-state index in [1.165, 1.54) is 24.8 Å². The molecule has 1 atom stereocenters. The summed E-state index contributed by atoms with van der Waals surface area (Å²) in [6.45, 7) is 2.22. The molecule has 2 heteroatoms. The van der Waals surface area contributed by atoms with Crippen molar-refractivity contribution in [2.24, 2.45) is 5.16 Å². The lowest BCUT2D eigenvalue weighted by molar-refractivity contribution is 0.316. The molecule has 1 N–H and O–H groups in total. The molecule has 0 amide bonds. The minimum absolute atomic E-state index is 0.144. The standard InChI is InChI=1S/C20H25NO/c1-2-3-4-11-16-19(17-12-7-5-8-13-17)20(21-22)18-14-9-6-10-15-18/h5-10,12-15,19,22H,2-4,11,16H2,1H3/b21-20-. The van der Waals surface area contributed by atoms with Crippen molar-refractivity contribution >= 4 is 5.71 Å². The van der Waals surface area contributed by atoms with Crippen LogP contribution in [0, 0.1) is 0 Å². The van der Waals surface area contributed by atoms with Crippen LogP contribution in [0.4, 0.5) is 0 Å². The molecule has 0 spiro atoms. The maximum Gasteiger partial charge on any atom is 0.0942 e. The molecule has 22 heavy (non-hydrogen) atoms. The van der Waals surface area contributed by atoms with Crippen molar-refractivity contribution in [3.63, 3.8) is 0 Å². The molecule has 0 aliphatic carbocycles. The molecule has 0 saturated heterocycles. The molecule has 0 aliphatic rings. The largest absolute Gasteiger partial charge is 0.411 e. The number of rotatable bonds is 8. The Labute approximate surface area is 133 Å². The zero-order valence-corrected chi connectivity index (χ0v) is 13.3. The SMILES string of the molecule is CCCCCCC(/C(=N\O)c1ccccc1)c1ccccc1. The Morgan fingerprint density at radius 3 is 2.14 bits per heavy atom. The Morgan fingerprint density at radius 2 is 1.55 bits per heavy atom. The van der Waals surface area contributed by atoms with Crippen LogP contribution in [-0.2, 0) is 0 Å². The second kappa shape index (κ2) is 9.04. The van der Waals surface area contributed by atoms with E-state index in [1.54, 1.807) is 0 Å². The van der Waals surface area contributed by atoms with Crippen molar-refractivity contribution in [3.05, 3.63) is 71.8 Å². The third-order valence-corrected chi connectivity index (χ3v) is 4.06. The molecule has 2 aromatic carbocycles. The lowest BCUT2D eigenvalue weighted by atomic mass is 9.85. The number of oxime groups is 1. The maximum absolute atomic E-state index is 9.60. The molecule has 0 aliphatic heterocycles. The summed E-state index contributed by atoms with van der Waals surface area (Å²) in [5.41, 5.74) is 2.98. The molecular weight excluding hydrogens is 270 g/mol. The van der Waals surface area contributed by atoms with E-state index in [2.05, 4.69) is 24.2 Å². The maximum atomic E-state index is 9.60. The molecule has 2 nitrogen and oxygen atoms in total. The fourth-order valence-electron chi connectivity index (χ4n) is 2.86. The van der Waals surface area contributed by atoms with Crippen LogP contribution in [0.2, 0.25) is 0 Å². The molecule has 0 heterocycles. The highest BCUT2D eigenvalue weighted by Gasteiger charge is 2.20. The molecule has 0 radical (unpaired) electrons. The molecule has 2 aromatic rings. The van der Waals surface area contributed by atoms with Gasteiger partial charge in [0.2, 0.25) is 0 Å². The second-order valence-electron chi connectivity index (χ2n) is 5.66. The third-order valence-electron chi connectivity index (χ3n) is 4.06. The number of benzene rings is 2. The van der Waals surface area contributed by atoms with Crippen LogP contribution < -0.4 is 0 Å². The first-order chi connectivity index (χ1) is 10.9. The summed E-state index contributed by atoms with van der Waals surface area (Å²) in [5, 5.41) is 13.3. The molecule has 0 saturated carbocycles. The van der Waals surface area contributed by atoms with E-state index in [-0.39, 0.29) is 5.92 Å². The fourth-order valence-corrected chi connectivity index (χ4v) is 2.86. The van der Waals surface area contributed by atoms with Gasteiger partial charge in [0.15, 0.2) is 0 Å². The van der Waals surface area contributed by atoms with Crippen molar-refractivity contribution in [3.8, 4) is 0 Å². The Morgan fingerprint density at radius 1 is 0.909 bits per heavy atom. The van der Waals surface area contributed by atoms with E-state index >= 15 is 0 Å². The van der Waals surface area contributed by atoms with Crippen molar-refractivity contribution < 1.29 is 5.21 Å². The summed E-state index contributed by atoms with van der Waals surface area (Å²) in [7, 11) is 0. The van der Waals surface area contributed by atoms with Gasteiger partial charge in [-0.3, -0.25) is 0 Å². The predicted molar refractivity (Wildman–Crippen MR) is 92.7 cm³/mol. The summed E-state index contributed by atoms with van der Waals surface area (Å²) in [6, 6.07) is 20.3. The topological polar surface area (TPSA) is 32.6 Å². The van der Waals surface area contributed by atoms with Gasteiger partial charge in [0.05, 0.1) is 5.71 Å². The minimum atomic E-state index is 0.144. The lowest BCUT2D eigenvalue weighted by Gasteiger charge is -2.19. The highest BCUT2D eigenvalue weighted by Crippen LogP contribution is 2.27. The Hall–Kier alpha value is -2.09. The van der Waals surface area contributed by atoms with E-state index in [9.17, 15) is 5.21 Å². The van der Waals surface area contributed by atoms with Crippen molar-refractivity contribution in [2.45, 2.75) is 44.9 Å². The van der Waals surface area contributed by atoms with Gasteiger partial charge >= 0.3 is 0 Å². The first-order valence-electron chi connectivity index (χ1n) is 8.19. The van der Waals surface area contributed by atoms with Gasteiger partial charge in [0, 0.05) is 5.92 Å².